The van der Waals surface area contributed by atoms with Crippen LogP contribution in [0.5, 0.6) is 5.75 Å². The van der Waals surface area contributed by atoms with E-state index in [0.717, 1.165) is 12.8 Å². The predicted octanol–water partition coefficient (Wildman–Crippen LogP) is 2.01. The summed E-state index contributed by atoms with van der Waals surface area (Å²) in [5, 5.41) is 23.6. The summed E-state index contributed by atoms with van der Waals surface area (Å²) in [5.74, 6) is -0.932. The standard InChI is InChI=1S/C13H16N2O4/c1-7-4-9(5-7)15-13(19)14-8-2-3-11(16)10(6-8)12(17)18/h2-3,6-7,9,16H,4-5H2,1H3,(H,17,18)(H2,14,15,19). The fourth-order valence-electron chi connectivity index (χ4n) is 2.16. The lowest BCUT2D eigenvalue weighted by Gasteiger charge is -2.33. The Kier molecular flexibility index (Phi) is 3.59. The van der Waals surface area contributed by atoms with E-state index in [1.165, 1.54) is 18.2 Å². The lowest BCUT2D eigenvalue weighted by molar-refractivity contribution is 0.0693. The number of aromatic hydroxyl groups is 1. The molecular formula is C13H16N2O4. The highest BCUT2D eigenvalue weighted by atomic mass is 16.4. The van der Waals surface area contributed by atoms with E-state index in [0.29, 0.717) is 11.6 Å². The topological polar surface area (TPSA) is 98.7 Å². The summed E-state index contributed by atoms with van der Waals surface area (Å²) in [6, 6.07) is 3.74. The number of phenols is 1. The monoisotopic (exact) mass is 264 g/mol. The van der Waals surface area contributed by atoms with Gasteiger partial charge in [0, 0.05) is 11.7 Å². The van der Waals surface area contributed by atoms with Gasteiger partial charge in [-0.15, -0.1) is 0 Å². The molecule has 0 unspecified atom stereocenters. The minimum atomic E-state index is -1.24. The average molecular weight is 264 g/mol. The van der Waals surface area contributed by atoms with Gasteiger partial charge in [0.05, 0.1) is 0 Å². The number of amides is 2. The normalized spacial score (nSPS) is 21.3. The molecule has 2 rings (SSSR count). The van der Waals surface area contributed by atoms with Crippen LogP contribution in [0.3, 0.4) is 0 Å². The van der Waals surface area contributed by atoms with Crippen molar-refractivity contribution in [3.8, 4) is 5.75 Å². The summed E-state index contributed by atoms with van der Waals surface area (Å²) in [4.78, 5) is 22.5. The Bertz CT molecular complexity index is 509. The Balaban J connectivity index is 1.97. The van der Waals surface area contributed by atoms with Crippen molar-refractivity contribution < 1.29 is 19.8 Å². The number of carbonyl (C=O) groups excluding carboxylic acids is 1. The Morgan fingerprint density at radius 2 is 2.00 bits per heavy atom. The second kappa shape index (κ2) is 5.17. The van der Waals surface area contributed by atoms with Gasteiger partial charge in [-0.25, -0.2) is 9.59 Å². The maximum absolute atomic E-state index is 11.7. The van der Waals surface area contributed by atoms with Crippen molar-refractivity contribution in [2.75, 3.05) is 5.32 Å². The molecule has 102 valence electrons. The van der Waals surface area contributed by atoms with Crippen molar-refractivity contribution in [1.82, 2.24) is 5.32 Å². The summed E-state index contributed by atoms with van der Waals surface area (Å²) in [6.07, 6.45) is 1.92. The fraction of sp³-hybridized carbons (Fsp3) is 0.385. The molecule has 0 aliphatic heterocycles. The van der Waals surface area contributed by atoms with Gasteiger partial charge in [-0.05, 0) is 37.0 Å². The van der Waals surface area contributed by atoms with Crippen LogP contribution in [-0.2, 0) is 0 Å². The first-order valence-electron chi connectivity index (χ1n) is 6.09. The number of nitrogens with one attached hydrogen (secondary N) is 2. The van der Waals surface area contributed by atoms with E-state index in [2.05, 4.69) is 17.6 Å². The molecule has 0 aromatic heterocycles. The van der Waals surface area contributed by atoms with Gasteiger partial charge < -0.3 is 20.8 Å². The van der Waals surface area contributed by atoms with Gasteiger partial charge in [-0.2, -0.15) is 0 Å². The molecule has 1 saturated carbocycles. The van der Waals surface area contributed by atoms with E-state index in [9.17, 15) is 14.7 Å². The van der Waals surface area contributed by atoms with Crippen LogP contribution < -0.4 is 10.6 Å². The number of carboxylic acids is 1. The molecule has 1 aromatic carbocycles. The molecule has 0 radical (unpaired) electrons. The van der Waals surface area contributed by atoms with Crippen LogP contribution in [0.25, 0.3) is 0 Å². The molecule has 0 atom stereocenters. The van der Waals surface area contributed by atoms with Crippen LogP contribution >= 0.6 is 0 Å². The number of carboxylic acid groups (broad SMARTS) is 1. The van der Waals surface area contributed by atoms with Gasteiger partial charge in [0.2, 0.25) is 0 Å². The number of urea groups is 1. The summed E-state index contributed by atoms with van der Waals surface area (Å²) in [6.45, 7) is 2.12. The molecule has 1 aliphatic carbocycles. The van der Waals surface area contributed by atoms with E-state index in [1.54, 1.807) is 0 Å². The molecule has 6 nitrogen and oxygen atoms in total. The van der Waals surface area contributed by atoms with E-state index >= 15 is 0 Å². The number of benzene rings is 1. The first kappa shape index (κ1) is 13.2. The van der Waals surface area contributed by atoms with Crippen molar-refractivity contribution in [2.45, 2.75) is 25.8 Å². The molecule has 0 spiro atoms. The van der Waals surface area contributed by atoms with E-state index in [-0.39, 0.29) is 23.4 Å². The number of aromatic carboxylic acids is 1. The molecule has 19 heavy (non-hydrogen) atoms. The first-order chi connectivity index (χ1) is 8.95. The van der Waals surface area contributed by atoms with Crippen LogP contribution in [0, 0.1) is 5.92 Å². The summed E-state index contributed by atoms with van der Waals surface area (Å²) >= 11 is 0. The Hall–Kier alpha value is -2.24. The quantitative estimate of drug-likeness (QED) is 0.627. The molecule has 1 aliphatic rings. The maximum atomic E-state index is 11.7. The summed E-state index contributed by atoms with van der Waals surface area (Å²) in [7, 11) is 0. The Morgan fingerprint density at radius 1 is 1.32 bits per heavy atom. The molecule has 2 amide bonds. The largest absolute Gasteiger partial charge is 0.507 e. The molecule has 0 heterocycles. The predicted molar refractivity (Wildman–Crippen MR) is 69.4 cm³/mol. The SMILES string of the molecule is CC1CC(NC(=O)Nc2ccc(O)c(C(=O)O)c2)C1. The minimum Gasteiger partial charge on any atom is -0.507 e. The molecule has 0 bridgehead atoms. The first-order valence-corrected chi connectivity index (χ1v) is 6.09. The van der Waals surface area contributed by atoms with Gasteiger partial charge in [0.1, 0.15) is 11.3 Å². The lowest BCUT2D eigenvalue weighted by Crippen LogP contribution is -2.45. The average Bonchev–Trinajstić information content (AvgIpc) is 2.29. The second-order valence-corrected chi connectivity index (χ2v) is 4.91. The zero-order valence-electron chi connectivity index (χ0n) is 10.5. The smallest absolute Gasteiger partial charge is 0.339 e. The van der Waals surface area contributed by atoms with Gasteiger partial charge in [0.25, 0.3) is 0 Å². The number of hydrogen-bond donors (Lipinski definition) is 4. The van der Waals surface area contributed by atoms with Gasteiger partial charge in [0.15, 0.2) is 0 Å². The number of rotatable bonds is 3. The zero-order chi connectivity index (χ0) is 14.0. The number of hydrogen-bond acceptors (Lipinski definition) is 3. The zero-order valence-corrected chi connectivity index (χ0v) is 10.5. The van der Waals surface area contributed by atoms with Crippen LogP contribution in [0.1, 0.15) is 30.1 Å². The van der Waals surface area contributed by atoms with Crippen LogP contribution in [0.4, 0.5) is 10.5 Å². The fourth-order valence-corrected chi connectivity index (χ4v) is 2.16. The van der Waals surface area contributed by atoms with Crippen molar-refractivity contribution in [3.63, 3.8) is 0 Å². The third-order valence-corrected chi connectivity index (χ3v) is 3.19. The molecule has 4 N–H and O–H groups in total. The summed E-state index contributed by atoms with van der Waals surface area (Å²) < 4.78 is 0. The van der Waals surface area contributed by atoms with Crippen molar-refractivity contribution in [1.29, 1.82) is 0 Å². The molecule has 6 heteroatoms. The summed E-state index contributed by atoms with van der Waals surface area (Å²) in [5.41, 5.74) is 0.0927. The van der Waals surface area contributed by atoms with Crippen LogP contribution in [0.15, 0.2) is 18.2 Å². The molecule has 1 aromatic rings. The minimum absolute atomic E-state index is 0.186. The maximum Gasteiger partial charge on any atom is 0.339 e. The lowest BCUT2D eigenvalue weighted by atomic mass is 9.82. The van der Waals surface area contributed by atoms with Gasteiger partial charge >= 0.3 is 12.0 Å². The highest BCUT2D eigenvalue weighted by molar-refractivity contribution is 5.95. The van der Waals surface area contributed by atoms with Crippen LogP contribution in [-0.4, -0.2) is 28.3 Å². The Morgan fingerprint density at radius 3 is 2.58 bits per heavy atom. The third kappa shape index (κ3) is 3.15. The molecule has 0 saturated heterocycles. The van der Waals surface area contributed by atoms with Crippen molar-refractivity contribution in [2.24, 2.45) is 5.92 Å². The van der Waals surface area contributed by atoms with Gasteiger partial charge in [-0.1, -0.05) is 6.92 Å². The van der Waals surface area contributed by atoms with Crippen molar-refractivity contribution in [3.05, 3.63) is 23.8 Å². The number of carbonyl (C=O) groups is 2. The third-order valence-electron chi connectivity index (χ3n) is 3.19. The molecule has 1 fully saturated rings. The highest BCUT2D eigenvalue weighted by Gasteiger charge is 2.26. The van der Waals surface area contributed by atoms with Gasteiger partial charge in [-0.3, -0.25) is 0 Å². The van der Waals surface area contributed by atoms with Crippen molar-refractivity contribution >= 4 is 17.7 Å². The Labute approximate surface area is 110 Å². The number of anilines is 1. The van der Waals surface area contributed by atoms with E-state index in [4.69, 9.17) is 5.11 Å². The highest BCUT2D eigenvalue weighted by Crippen LogP contribution is 2.26. The van der Waals surface area contributed by atoms with Crippen LogP contribution in [0.2, 0.25) is 0 Å². The van der Waals surface area contributed by atoms with E-state index in [1.807, 2.05) is 0 Å². The van der Waals surface area contributed by atoms with E-state index < -0.39 is 5.97 Å². The second-order valence-electron chi connectivity index (χ2n) is 4.91. The molecular weight excluding hydrogens is 248 g/mol.